The monoisotopic (exact) mass is 259 g/mol. The number of nitrogens with zero attached hydrogens (tertiary/aromatic N) is 1. The van der Waals surface area contributed by atoms with Crippen molar-refractivity contribution in [2.75, 3.05) is 0 Å². The van der Waals surface area contributed by atoms with Gasteiger partial charge in [0.25, 0.3) is 5.69 Å². The summed E-state index contributed by atoms with van der Waals surface area (Å²) in [6, 6.07) is 9.22. The number of hydrogen-bond donors (Lipinski definition) is 0. The van der Waals surface area contributed by atoms with Crippen LogP contribution < -0.4 is 0 Å². The number of fused-ring (bicyclic) bond motifs is 3. The predicted octanol–water partition coefficient (Wildman–Crippen LogP) is 3.46. The van der Waals surface area contributed by atoms with E-state index in [1.165, 1.54) is 18.2 Å². The first kappa shape index (κ1) is 10.9. The van der Waals surface area contributed by atoms with Gasteiger partial charge in [-0.2, -0.15) is 0 Å². The van der Waals surface area contributed by atoms with Crippen LogP contribution in [0.5, 0.6) is 0 Å². The van der Waals surface area contributed by atoms with E-state index < -0.39 is 4.92 Å². The van der Waals surface area contributed by atoms with E-state index in [0.29, 0.717) is 27.3 Å². The molecule has 0 amide bonds. The van der Waals surface area contributed by atoms with Gasteiger partial charge in [0.05, 0.1) is 4.92 Å². The Morgan fingerprint density at radius 2 is 1.67 bits per heavy atom. The highest BCUT2D eigenvalue weighted by molar-refractivity contribution is 6.32. The summed E-state index contributed by atoms with van der Waals surface area (Å²) in [5.74, 6) is -0.141. The average Bonchev–Trinajstić information content (AvgIpc) is 2.62. The van der Waals surface area contributed by atoms with Crippen molar-refractivity contribution in [2.45, 2.75) is 0 Å². The lowest BCUT2D eigenvalue weighted by atomic mass is 10.1. The van der Waals surface area contributed by atoms with Gasteiger partial charge in [-0.15, -0.1) is 0 Å². The number of halogens is 1. The smallest absolute Gasteiger partial charge is 0.270 e. The molecule has 2 aromatic rings. The van der Waals surface area contributed by atoms with E-state index in [4.69, 9.17) is 11.6 Å². The summed E-state index contributed by atoms with van der Waals surface area (Å²) in [5.41, 5.74) is 2.25. The third kappa shape index (κ3) is 1.43. The van der Waals surface area contributed by atoms with Gasteiger partial charge in [-0.05, 0) is 23.8 Å². The number of nitro benzene ring substituents is 1. The van der Waals surface area contributed by atoms with Crippen LogP contribution in [0.15, 0.2) is 36.4 Å². The molecule has 0 aliphatic heterocycles. The minimum atomic E-state index is -0.474. The number of ketones is 1. The second-order valence-corrected chi connectivity index (χ2v) is 4.44. The van der Waals surface area contributed by atoms with Crippen molar-refractivity contribution >= 4 is 23.1 Å². The standard InChI is InChI=1S/C13H6ClNO3/c14-7-1-3-9-11-6-8(15(17)18)2-4-10(11)13(16)12(9)5-7/h1-6H. The van der Waals surface area contributed by atoms with Gasteiger partial charge in [-0.3, -0.25) is 14.9 Å². The fourth-order valence-corrected chi connectivity index (χ4v) is 2.32. The molecule has 0 N–H and O–H groups in total. The summed E-state index contributed by atoms with van der Waals surface area (Å²) in [6.45, 7) is 0. The Hall–Kier alpha value is -2.20. The maximum atomic E-state index is 12.1. The molecule has 0 spiro atoms. The predicted molar refractivity (Wildman–Crippen MR) is 67.0 cm³/mol. The van der Waals surface area contributed by atoms with E-state index in [9.17, 15) is 14.9 Å². The Bertz CT molecular complexity index is 709. The van der Waals surface area contributed by atoms with Crippen LogP contribution in [0.4, 0.5) is 5.69 Å². The molecule has 0 fully saturated rings. The number of nitro groups is 1. The van der Waals surface area contributed by atoms with Crippen molar-refractivity contribution in [3.8, 4) is 11.1 Å². The molecule has 0 bridgehead atoms. The van der Waals surface area contributed by atoms with Crippen molar-refractivity contribution in [1.82, 2.24) is 0 Å². The Morgan fingerprint density at radius 1 is 0.944 bits per heavy atom. The number of benzene rings is 2. The van der Waals surface area contributed by atoms with Crippen LogP contribution in [-0.4, -0.2) is 10.7 Å². The Morgan fingerprint density at radius 3 is 2.39 bits per heavy atom. The van der Waals surface area contributed by atoms with Gasteiger partial charge >= 0.3 is 0 Å². The van der Waals surface area contributed by atoms with Gasteiger partial charge in [-0.25, -0.2) is 0 Å². The summed E-state index contributed by atoms with van der Waals surface area (Å²) >= 11 is 5.85. The molecule has 0 heterocycles. The average molecular weight is 260 g/mol. The highest BCUT2D eigenvalue weighted by Gasteiger charge is 2.28. The summed E-state index contributed by atoms with van der Waals surface area (Å²) in [5, 5.41) is 11.2. The maximum Gasteiger partial charge on any atom is 0.270 e. The molecule has 2 aromatic carbocycles. The summed E-state index contributed by atoms with van der Waals surface area (Å²) in [7, 11) is 0. The zero-order valence-corrected chi connectivity index (χ0v) is 9.77. The zero-order chi connectivity index (χ0) is 12.9. The molecule has 18 heavy (non-hydrogen) atoms. The van der Waals surface area contributed by atoms with Crippen LogP contribution in [0, 0.1) is 10.1 Å². The van der Waals surface area contributed by atoms with Gasteiger partial charge in [-0.1, -0.05) is 17.7 Å². The van der Waals surface area contributed by atoms with E-state index in [1.54, 1.807) is 18.2 Å². The molecule has 0 aromatic heterocycles. The van der Waals surface area contributed by atoms with Crippen LogP contribution in [0.25, 0.3) is 11.1 Å². The van der Waals surface area contributed by atoms with Gasteiger partial charge in [0.1, 0.15) is 0 Å². The van der Waals surface area contributed by atoms with E-state index in [1.807, 2.05) is 0 Å². The molecule has 0 saturated heterocycles. The molecule has 0 unspecified atom stereocenters. The molecule has 0 saturated carbocycles. The molecular formula is C13H6ClNO3. The summed E-state index contributed by atoms with van der Waals surface area (Å²) in [6.07, 6.45) is 0. The topological polar surface area (TPSA) is 60.2 Å². The van der Waals surface area contributed by atoms with Crippen molar-refractivity contribution < 1.29 is 9.72 Å². The molecule has 0 radical (unpaired) electrons. The lowest BCUT2D eigenvalue weighted by Gasteiger charge is -1.99. The highest BCUT2D eigenvalue weighted by Crippen LogP contribution is 2.39. The molecule has 4 nitrogen and oxygen atoms in total. The minimum absolute atomic E-state index is 0.0237. The summed E-state index contributed by atoms with van der Waals surface area (Å²) in [4.78, 5) is 22.4. The molecule has 1 aliphatic rings. The third-order valence-electron chi connectivity index (χ3n) is 2.98. The number of carbonyl (C=O) groups is 1. The zero-order valence-electron chi connectivity index (χ0n) is 9.01. The Labute approximate surface area is 107 Å². The van der Waals surface area contributed by atoms with Crippen LogP contribution in [-0.2, 0) is 0 Å². The fraction of sp³-hybridized carbons (Fsp3) is 0. The van der Waals surface area contributed by atoms with Crippen LogP contribution in [0.3, 0.4) is 0 Å². The Kier molecular flexibility index (Phi) is 2.21. The van der Waals surface area contributed by atoms with Gasteiger partial charge in [0, 0.05) is 33.8 Å². The first-order valence-electron chi connectivity index (χ1n) is 5.21. The molecule has 88 valence electrons. The first-order valence-corrected chi connectivity index (χ1v) is 5.59. The highest BCUT2D eigenvalue weighted by atomic mass is 35.5. The van der Waals surface area contributed by atoms with Gasteiger partial charge < -0.3 is 0 Å². The lowest BCUT2D eigenvalue weighted by Crippen LogP contribution is -1.95. The Balaban J connectivity index is 2.29. The van der Waals surface area contributed by atoms with E-state index in [0.717, 1.165) is 0 Å². The molecule has 3 rings (SSSR count). The summed E-state index contributed by atoms with van der Waals surface area (Å²) < 4.78 is 0. The van der Waals surface area contributed by atoms with Crippen molar-refractivity contribution in [3.63, 3.8) is 0 Å². The maximum absolute atomic E-state index is 12.1. The molecule has 0 atom stereocenters. The van der Waals surface area contributed by atoms with Crippen LogP contribution in [0.1, 0.15) is 15.9 Å². The molecule has 5 heteroatoms. The molecular weight excluding hydrogens is 254 g/mol. The quantitative estimate of drug-likeness (QED) is 0.497. The normalized spacial score (nSPS) is 12.2. The number of carbonyl (C=O) groups excluding carboxylic acids is 1. The van der Waals surface area contributed by atoms with Gasteiger partial charge in [0.15, 0.2) is 5.78 Å². The van der Waals surface area contributed by atoms with E-state index in [-0.39, 0.29) is 11.5 Å². The SMILES string of the molecule is O=C1c2cc(Cl)ccc2-c2cc([N+](=O)[O-])ccc21. The molecule has 1 aliphatic carbocycles. The largest absolute Gasteiger partial charge is 0.289 e. The second-order valence-electron chi connectivity index (χ2n) is 4.01. The lowest BCUT2D eigenvalue weighted by molar-refractivity contribution is -0.384. The minimum Gasteiger partial charge on any atom is -0.289 e. The second kappa shape index (κ2) is 3.65. The van der Waals surface area contributed by atoms with Crippen molar-refractivity contribution in [2.24, 2.45) is 0 Å². The van der Waals surface area contributed by atoms with E-state index in [2.05, 4.69) is 0 Å². The van der Waals surface area contributed by atoms with Crippen molar-refractivity contribution in [3.05, 3.63) is 62.7 Å². The number of hydrogen-bond acceptors (Lipinski definition) is 3. The fourth-order valence-electron chi connectivity index (χ4n) is 2.15. The third-order valence-corrected chi connectivity index (χ3v) is 3.21. The number of rotatable bonds is 1. The van der Waals surface area contributed by atoms with Gasteiger partial charge in [0.2, 0.25) is 0 Å². The van der Waals surface area contributed by atoms with E-state index >= 15 is 0 Å². The van der Waals surface area contributed by atoms with Crippen LogP contribution in [0.2, 0.25) is 5.02 Å². The van der Waals surface area contributed by atoms with Crippen LogP contribution >= 0.6 is 11.6 Å². The van der Waals surface area contributed by atoms with Crippen molar-refractivity contribution in [1.29, 1.82) is 0 Å². The first-order chi connectivity index (χ1) is 8.58. The number of non-ortho nitro benzene ring substituents is 1.